The molecule has 1 fully saturated rings. The van der Waals surface area contributed by atoms with Crippen LogP contribution in [-0.4, -0.2) is 36.3 Å². The molecule has 21 heavy (non-hydrogen) atoms. The van der Waals surface area contributed by atoms with E-state index in [1.165, 1.54) is 0 Å². The number of carbonyl (C=O) groups excluding carboxylic acids is 2. The van der Waals surface area contributed by atoms with Gasteiger partial charge in [0.25, 0.3) is 0 Å². The number of allylic oxidation sites excluding steroid dienone is 2. The third kappa shape index (κ3) is 7.11. The van der Waals surface area contributed by atoms with Gasteiger partial charge in [0, 0.05) is 31.8 Å². The minimum Gasteiger partial charge on any atom is -0.352 e. The van der Waals surface area contributed by atoms with Crippen LogP contribution in [0.5, 0.6) is 0 Å². The van der Waals surface area contributed by atoms with Crippen LogP contribution in [-0.2, 0) is 9.59 Å². The molecule has 1 N–H and O–H groups in total. The van der Waals surface area contributed by atoms with Gasteiger partial charge in [-0.1, -0.05) is 17.6 Å². The highest BCUT2D eigenvalue weighted by atomic mass is 16.2. The van der Waals surface area contributed by atoms with Crippen molar-refractivity contribution in [2.75, 3.05) is 19.6 Å². The van der Waals surface area contributed by atoms with Gasteiger partial charge in [-0.2, -0.15) is 0 Å². The Morgan fingerprint density at radius 2 is 1.76 bits per heavy atom. The van der Waals surface area contributed by atoms with Gasteiger partial charge in [-0.15, -0.1) is 0 Å². The molecular formula is C17H28N2O2. The Bertz CT molecular complexity index is 430. The van der Waals surface area contributed by atoms with Crippen molar-refractivity contribution in [2.45, 2.75) is 47.0 Å². The lowest BCUT2D eigenvalue weighted by Crippen LogP contribution is -2.38. The molecule has 1 saturated heterocycles. The van der Waals surface area contributed by atoms with Crippen molar-refractivity contribution in [3.05, 3.63) is 23.3 Å². The van der Waals surface area contributed by atoms with E-state index in [4.69, 9.17) is 0 Å². The summed E-state index contributed by atoms with van der Waals surface area (Å²) >= 11 is 0. The van der Waals surface area contributed by atoms with Crippen molar-refractivity contribution in [3.8, 4) is 0 Å². The molecule has 0 aromatic rings. The molecule has 0 saturated carbocycles. The van der Waals surface area contributed by atoms with Crippen molar-refractivity contribution < 1.29 is 9.59 Å². The molecule has 0 aromatic heterocycles. The Hall–Kier alpha value is -1.58. The molecule has 1 aliphatic rings. The molecule has 1 rings (SSSR count). The topological polar surface area (TPSA) is 49.4 Å². The molecule has 4 heteroatoms. The average molecular weight is 292 g/mol. The summed E-state index contributed by atoms with van der Waals surface area (Å²) in [6.45, 7) is 9.88. The van der Waals surface area contributed by atoms with Crippen LogP contribution in [0.1, 0.15) is 47.0 Å². The van der Waals surface area contributed by atoms with E-state index in [2.05, 4.69) is 5.32 Å². The maximum Gasteiger partial charge on any atom is 0.246 e. The largest absolute Gasteiger partial charge is 0.352 e. The minimum atomic E-state index is -0.0404. The first kappa shape index (κ1) is 17.5. The van der Waals surface area contributed by atoms with Crippen molar-refractivity contribution in [1.29, 1.82) is 0 Å². The van der Waals surface area contributed by atoms with Crippen molar-refractivity contribution >= 4 is 11.8 Å². The molecule has 2 amide bonds. The summed E-state index contributed by atoms with van der Waals surface area (Å²) in [7, 11) is 0. The van der Waals surface area contributed by atoms with Crippen LogP contribution in [0.15, 0.2) is 23.3 Å². The first-order chi connectivity index (χ1) is 9.88. The van der Waals surface area contributed by atoms with Crippen LogP contribution in [0.3, 0.4) is 0 Å². The van der Waals surface area contributed by atoms with E-state index >= 15 is 0 Å². The summed E-state index contributed by atoms with van der Waals surface area (Å²) < 4.78 is 0. The van der Waals surface area contributed by atoms with Gasteiger partial charge < -0.3 is 10.2 Å². The number of hydrogen-bond acceptors (Lipinski definition) is 2. The molecule has 1 aliphatic heterocycles. The summed E-state index contributed by atoms with van der Waals surface area (Å²) in [6, 6.07) is 0. The summed E-state index contributed by atoms with van der Waals surface area (Å²) in [5, 5.41) is 2.94. The zero-order valence-corrected chi connectivity index (χ0v) is 13.7. The smallest absolute Gasteiger partial charge is 0.246 e. The predicted octanol–water partition coefficient (Wildman–Crippen LogP) is 2.66. The second-order valence-electron chi connectivity index (χ2n) is 6.33. The second-order valence-corrected chi connectivity index (χ2v) is 6.33. The third-order valence-electron chi connectivity index (χ3n) is 3.48. The Balaban J connectivity index is 2.55. The summed E-state index contributed by atoms with van der Waals surface area (Å²) in [6.07, 6.45) is 6.53. The molecule has 4 nitrogen and oxygen atoms in total. The van der Waals surface area contributed by atoms with Crippen LogP contribution < -0.4 is 5.32 Å². The lowest BCUT2D eigenvalue weighted by molar-refractivity contribution is -0.126. The van der Waals surface area contributed by atoms with Gasteiger partial charge in [0.1, 0.15) is 0 Å². The number of likely N-dealkylation sites (tertiary alicyclic amines) is 1. The first-order valence-electron chi connectivity index (χ1n) is 7.75. The fourth-order valence-electron chi connectivity index (χ4n) is 2.49. The summed E-state index contributed by atoms with van der Waals surface area (Å²) in [5.41, 5.74) is 2.02. The van der Waals surface area contributed by atoms with Crippen LogP contribution >= 0.6 is 0 Å². The van der Waals surface area contributed by atoms with E-state index in [-0.39, 0.29) is 11.8 Å². The molecule has 0 aliphatic carbocycles. The van der Waals surface area contributed by atoms with Crippen LogP contribution in [0, 0.1) is 5.92 Å². The number of hydrogen-bond donors (Lipinski definition) is 1. The molecule has 118 valence electrons. The highest BCUT2D eigenvalue weighted by molar-refractivity contribution is 5.88. The van der Waals surface area contributed by atoms with Crippen molar-refractivity contribution in [1.82, 2.24) is 10.2 Å². The highest BCUT2D eigenvalue weighted by Gasteiger charge is 2.21. The molecule has 0 bridgehead atoms. The standard InChI is InChI=1S/C17H28N2O2/c1-13(2)9-16(20)18-11-15-7-5-6-8-19(12-15)17(21)10-14(3)4/h9-10,15H,5-8,11-12H2,1-4H3,(H,18,20). The monoisotopic (exact) mass is 292 g/mol. The summed E-state index contributed by atoms with van der Waals surface area (Å²) in [4.78, 5) is 25.7. The number of nitrogens with one attached hydrogen (secondary N) is 1. The van der Waals surface area contributed by atoms with E-state index in [1.54, 1.807) is 12.2 Å². The Labute approximate surface area is 128 Å². The molecule has 0 spiro atoms. The predicted molar refractivity (Wildman–Crippen MR) is 85.8 cm³/mol. The van der Waals surface area contributed by atoms with Crippen molar-refractivity contribution in [2.24, 2.45) is 5.92 Å². The Morgan fingerprint density at radius 1 is 1.10 bits per heavy atom. The second kappa shape index (κ2) is 8.65. The van der Waals surface area contributed by atoms with Crippen LogP contribution in [0.25, 0.3) is 0 Å². The lowest BCUT2D eigenvalue weighted by Gasteiger charge is -2.23. The quantitative estimate of drug-likeness (QED) is 0.810. The first-order valence-corrected chi connectivity index (χ1v) is 7.75. The van der Waals surface area contributed by atoms with Gasteiger partial charge >= 0.3 is 0 Å². The lowest BCUT2D eigenvalue weighted by atomic mass is 10.0. The number of nitrogens with zero attached hydrogens (tertiary/aromatic N) is 1. The molecule has 1 unspecified atom stereocenters. The molecular weight excluding hydrogens is 264 g/mol. The SMILES string of the molecule is CC(C)=CC(=O)NCC1CCCCN(C(=O)C=C(C)C)C1. The normalized spacial score (nSPS) is 18.5. The fraction of sp³-hybridized carbons (Fsp3) is 0.647. The van der Waals surface area contributed by atoms with E-state index < -0.39 is 0 Å². The van der Waals surface area contributed by atoms with Gasteiger partial charge in [-0.05, 0) is 46.5 Å². The van der Waals surface area contributed by atoms with Gasteiger partial charge in [0.2, 0.25) is 11.8 Å². The van der Waals surface area contributed by atoms with Gasteiger partial charge in [0.05, 0.1) is 0 Å². The fourth-order valence-corrected chi connectivity index (χ4v) is 2.49. The van der Waals surface area contributed by atoms with Crippen LogP contribution in [0.2, 0.25) is 0 Å². The zero-order valence-electron chi connectivity index (χ0n) is 13.7. The van der Waals surface area contributed by atoms with E-state index in [9.17, 15) is 9.59 Å². The zero-order chi connectivity index (χ0) is 15.8. The maximum atomic E-state index is 12.1. The number of amides is 2. The molecule has 1 heterocycles. The summed E-state index contributed by atoms with van der Waals surface area (Å²) in [5.74, 6) is 0.399. The number of carbonyl (C=O) groups is 2. The third-order valence-corrected chi connectivity index (χ3v) is 3.48. The van der Waals surface area contributed by atoms with Crippen molar-refractivity contribution in [3.63, 3.8) is 0 Å². The van der Waals surface area contributed by atoms with E-state index in [0.717, 1.165) is 43.5 Å². The molecule has 0 aromatic carbocycles. The highest BCUT2D eigenvalue weighted by Crippen LogP contribution is 2.16. The van der Waals surface area contributed by atoms with E-state index in [1.807, 2.05) is 32.6 Å². The van der Waals surface area contributed by atoms with Crippen LogP contribution in [0.4, 0.5) is 0 Å². The van der Waals surface area contributed by atoms with Gasteiger partial charge in [0.15, 0.2) is 0 Å². The van der Waals surface area contributed by atoms with Gasteiger partial charge in [-0.3, -0.25) is 9.59 Å². The number of rotatable bonds is 4. The Kier molecular flexibility index (Phi) is 7.20. The minimum absolute atomic E-state index is 0.0404. The van der Waals surface area contributed by atoms with E-state index in [0.29, 0.717) is 12.5 Å². The van der Waals surface area contributed by atoms with Gasteiger partial charge in [-0.25, -0.2) is 0 Å². The molecule has 0 radical (unpaired) electrons. The average Bonchev–Trinajstić information content (AvgIpc) is 2.60. The Morgan fingerprint density at radius 3 is 2.38 bits per heavy atom. The maximum absolute atomic E-state index is 12.1. The molecule has 1 atom stereocenters.